The number of rotatable bonds is 3. The minimum Gasteiger partial charge on any atom is -0.334 e. The van der Waals surface area contributed by atoms with Gasteiger partial charge < -0.3 is 4.90 Å². The van der Waals surface area contributed by atoms with Crippen molar-refractivity contribution in [2.24, 2.45) is 0 Å². The molecule has 2 fully saturated rings. The number of pyridine rings is 1. The third-order valence-electron chi connectivity index (χ3n) is 5.25. The van der Waals surface area contributed by atoms with E-state index >= 15 is 4.39 Å². The maximum absolute atomic E-state index is 15.6. The predicted molar refractivity (Wildman–Crippen MR) is 96.8 cm³/mol. The maximum Gasteiger partial charge on any atom is 0.307 e. The topological polar surface area (TPSA) is 95.2 Å². The smallest absolute Gasteiger partial charge is 0.307 e. The number of hydrogen-bond acceptors (Lipinski definition) is 7. The second kappa shape index (κ2) is 7.53. The van der Waals surface area contributed by atoms with Gasteiger partial charge in [0.1, 0.15) is 6.07 Å². The molecule has 0 bridgehead atoms. The number of aromatic nitrogens is 3. The maximum atomic E-state index is 15.6. The minimum atomic E-state index is -4.00. The van der Waals surface area contributed by atoms with Crippen LogP contribution in [0.1, 0.15) is 30.0 Å². The number of nitriles is 1. The minimum absolute atomic E-state index is 0.0429. The molecule has 156 valence electrons. The lowest BCUT2D eigenvalue weighted by Gasteiger charge is -2.42. The van der Waals surface area contributed by atoms with Crippen molar-refractivity contribution in [2.45, 2.75) is 30.5 Å². The fraction of sp³-hybridized carbons (Fsp3) is 0.421. The molecule has 2 atom stereocenters. The first-order valence-corrected chi connectivity index (χ1v) is 9.26. The second-order valence-corrected chi connectivity index (χ2v) is 7.11. The number of piperidine rings is 1. The Hall–Kier alpha value is -3.26. The fourth-order valence-corrected chi connectivity index (χ4v) is 3.65. The van der Waals surface area contributed by atoms with Crippen molar-refractivity contribution in [3.05, 3.63) is 48.0 Å². The Morgan fingerprint density at radius 3 is 2.73 bits per heavy atom. The van der Waals surface area contributed by atoms with Crippen molar-refractivity contribution in [2.75, 3.05) is 24.6 Å². The SMILES string of the molecule is N#Cc1cncc([C@@H]2CCON2C(=O)C2(F)CCN(c3ncccn3)CC2(F)F)c1. The Kier molecular flexibility index (Phi) is 5.03. The summed E-state index contributed by atoms with van der Waals surface area (Å²) in [5.41, 5.74) is -2.79. The van der Waals surface area contributed by atoms with E-state index in [9.17, 15) is 13.6 Å². The van der Waals surface area contributed by atoms with Crippen LogP contribution in [0.3, 0.4) is 0 Å². The molecule has 0 radical (unpaired) electrons. The summed E-state index contributed by atoms with van der Waals surface area (Å²) in [6.07, 6.45) is 5.05. The van der Waals surface area contributed by atoms with Gasteiger partial charge in [0.05, 0.1) is 24.8 Å². The number of anilines is 1. The Labute approximate surface area is 169 Å². The van der Waals surface area contributed by atoms with Crippen molar-refractivity contribution in [3.8, 4) is 6.07 Å². The number of carbonyl (C=O) groups excluding carboxylic acids is 1. The van der Waals surface area contributed by atoms with Gasteiger partial charge in [0, 0.05) is 44.2 Å². The number of hydrogen-bond donors (Lipinski definition) is 0. The molecule has 30 heavy (non-hydrogen) atoms. The van der Waals surface area contributed by atoms with Crippen LogP contribution in [-0.4, -0.2) is 57.2 Å². The molecule has 2 aliphatic heterocycles. The van der Waals surface area contributed by atoms with Crippen LogP contribution in [0.2, 0.25) is 0 Å². The molecule has 2 saturated heterocycles. The van der Waals surface area contributed by atoms with Crippen molar-refractivity contribution < 1.29 is 22.8 Å². The van der Waals surface area contributed by atoms with Crippen LogP contribution in [0.25, 0.3) is 0 Å². The first-order valence-electron chi connectivity index (χ1n) is 9.26. The van der Waals surface area contributed by atoms with Gasteiger partial charge in [-0.25, -0.2) is 28.2 Å². The first-order chi connectivity index (χ1) is 14.4. The van der Waals surface area contributed by atoms with Gasteiger partial charge in [-0.05, 0) is 17.7 Å². The Balaban J connectivity index is 1.58. The highest BCUT2D eigenvalue weighted by Crippen LogP contribution is 2.44. The lowest BCUT2D eigenvalue weighted by molar-refractivity contribution is -0.216. The number of amides is 1. The molecule has 0 aliphatic carbocycles. The zero-order valence-electron chi connectivity index (χ0n) is 15.7. The molecule has 2 aliphatic rings. The van der Waals surface area contributed by atoms with Gasteiger partial charge in [0.2, 0.25) is 5.95 Å². The van der Waals surface area contributed by atoms with Crippen LogP contribution in [-0.2, 0) is 9.63 Å². The molecule has 0 N–H and O–H groups in total. The summed E-state index contributed by atoms with van der Waals surface area (Å²) in [6, 6.07) is 4.13. The van der Waals surface area contributed by atoms with Crippen LogP contribution in [0, 0.1) is 11.3 Å². The lowest BCUT2D eigenvalue weighted by Crippen LogP contribution is -2.64. The van der Waals surface area contributed by atoms with Gasteiger partial charge in [-0.15, -0.1) is 0 Å². The third-order valence-corrected chi connectivity index (χ3v) is 5.25. The highest BCUT2D eigenvalue weighted by Gasteiger charge is 2.65. The van der Waals surface area contributed by atoms with Crippen molar-refractivity contribution in [1.82, 2.24) is 20.0 Å². The van der Waals surface area contributed by atoms with Crippen LogP contribution in [0.15, 0.2) is 36.9 Å². The van der Waals surface area contributed by atoms with E-state index in [1.54, 1.807) is 0 Å². The summed E-state index contributed by atoms with van der Waals surface area (Å²) < 4.78 is 45.4. The monoisotopic (exact) mass is 418 g/mol. The van der Waals surface area contributed by atoms with Crippen LogP contribution in [0.4, 0.5) is 19.1 Å². The number of alkyl halides is 3. The molecular weight excluding hydrogens is 401 g/mol. The Morgan fingerprint density at radius 2 is 2.03 bits per heavy atom. The molecular formula is C19H17F3N6O2. The number of halogens is 3. The Morgan fingerprint density at radius 1 is 1.27 bits per heavy atom. The van der Waals surface area contributed by atoms with Gasteiger partial charge in [0.25, 0.3) is 11.6 Å². The van der Waals surface area contributed by atoms with Crippen LogP contribution < -0.4 is 4.90 Å². The van der Waals surface area contributed by atoms with Gasteiger partial charge >= 0.3 is 5.92 Å². The van der Waals surface area contributed by atoms with Gasteiger partial charge in [-0.3, -0.25) is 14.6 Å². The van der Waals surface area contributed by atoms with Crippen molar-refractivity contribution in [3.63, 3.8) is 0 Å². The van der Waals surface area contributed by atoms with Crippen molar-refractivity contribution >= 4 is 11.9 Å². The molecule has 2 aromatic rings. The molecule has 0 spiro atoms. The molecule has 2 aromatic heterocycles. The van der Waals surface area contributed by atoms with E-state index in [0.717, 1.165) is 4.90 Å². The van der Waals surface area contributed by atoms with Gasteiger partial charge in [0.15, 0.2) is 0 Å². The van der Waals surface area contributed by atoms with E-state index < -0.39 is 36.5 Å². The molecule has 4 heterocycles. The molecule has 0 saturated carbocycles. The van der Waals surface area contributed by atoms with E-state index in [2.05, 4.69) is 15.0 Å². The zero-order valence-corrected chi connectivity index (χ0v) is 15.7. The number of carbonyl (C=O) groups is 1. The number of hydroxylamine groups is 2. The van der Waals surface area contributed by atoms with Gasteiger partial charge in [-0.1, -0.05) is 0 Å². The Bertz CT molecular complexity index is 986. The molecule has 4 rings (SSSR count). The average molecular weight is 418 g/mol. The highest BCUT2D eigenvalue weighted by molar-refractivity contribution is 5.86. The average Bonchev–Trinajstić information content (AvgIpc) is 3.25. The van der Waals surface area contributed by atoms with E-state index in [0.29, 0.717) is 10.6 Å². The summed E-state index contributed by atoms with van der Waals surface area (Å²) in [5, 5.41) is 9.70. The van der Waals surface area contributed by atoms with Crippen LogP contribution >= 0.6 is 0 Å². The van der Waals surface area contributed by atoms with E-state index in [-0.39, 0.29) is 31.1 Å². The molecule has 1 amide bonds. The van der Waals surface area contributed by atoms with Crippen molar-refractivity contribution in [1.29, 1.82) is 5.26 Å². The highest BCUT2D eigenvalue weighted by atomic mass is 19.3. The summed E-state index contributed by atoms with van der Waals surface area (Å²) >= 11 is 0. The zero-order chi connectivity index (χ0) is 21.4. The first kappa shape index (κ1) is 20.0. The third kappa shape index (κ3) is 3.33. The molecule has 11 heteroatoms. The number of nitrogens with zero attached hydrogens (tertiary/aromatic N) is 6. The molecule has 1 unspecified atom stereocenters. The van der Waals surface area contributed by atoms with E-state index in [1.165, 1.54) is 36.9 Å². The standard InChI is InChI=1S/C19H17F3N6O2/c20-18(3-6-27(12-19(18,21)22)17-25-4-1-5-26-17)16(29)28-15(2-7-30-28)14-8-13(9-23)10-24-11-14/h1,4-5,8,10-11,15H,2-3,6-7,12H2/t15-,18?/m0/s1. The van der Waals surface area contributed by atoms with E-state index in [1.807, 2.05) is 6.07 Å². The summed E-state index contributed by atoms with van der Waals surface area (Å²) in [6.45, 7) is -1.14. The molecule has 8 nitrogen and oxygen atoms in total. The van der Waals surface area contributed by atoms with Gasteiger partial charge in [-0.2, -0.15) is 5.26 Å². The normalized spacial score (nSPS) is 25.7. The van der Waals surface area contributed by atoms with Crippen LogP contribution in [0.5, 0.6) is 0 Å². The summed E-state index contributed by atoms with van der Waals surface area (Å²) in [7, 11) is 0. The quantitative estimate of drug-likeness (QED) is 0.754. The fourth-order valence-electron chi connectivity index (χ4n) is 3.65. The molecule has 0 aromatic carbocycles. The van der Waals surface area contributed by atoms with E-state index in [4.69, 9.17) is 10.1 Å². The largest absolute Gasteiger partial charge is 0.334 e. The predicted octanol–water partition coefficient (Wildman–Crippen LogP) is 2.20. The second-order valence-electron chi connectivity index (χ2n) is 7.11. The summed E-state index contributed by atoms with van der Waals surface area (Å²) in [4.78, 5) is 31.1. The lowest BCUT2D eigenvalue weighted by atomic mass is 9.87. The summed E-state index contributed by atoms with van der Waals surface area (Å²) in [5.74, 6) is -5.39.